The predicted octanol–water partition coefficient (Wildman–Crippen LogP) is 2.29. The van der Waals surface area contributed by atoms with Gasteiger partial charge in [-0.25, -0.2) is 0 Å². The van der Waals surface area contributed by atoms with E-state index in [1.165, 1.54) is 7.11 Å². The average molecular weight is 306 g/mol. The minimum atomic E-state index is -0.496. The van der Waals surface area contributed by atoms with Gasteiger partial charge in [0.15, 0.2) is 0 Å². The maximum atomic E-state index is 11.9. The van der Waals surface area contributed by atoms with Crippen LogP contribution in [-0.4, -0.2) is 37.5 Å². The van der Waals surface area contributed by atoms with Gasteiger partial charge in [-0.1, -0.05) is 36.4 Å². The van der Waals surface area contributed by atoms with Crippen LogP contribution in [0, 0.1) is 0 Å². The molecule has 0 saturated carbocycles. The Balaban J connectivity index is 0.000000537. The highest BCUT2D eigenvalue weighted by Crippen LogP contribution is 2.16. The van der Waals surface area contributed by atoms with Crippen molar-refractivity contribution in [1.29, 1.82) is 0 Å². The molecule has 1 unspecified atom stereocenters. The third-order valence-electron chi connectivity index (χ3n) is 2.94. The van der Waals surface area contributed by atoms with Crippen molar-refractivity contribution in [2.45, 2.75) is 25.8 Å². The van der Waals surface area contributed by atoms with E-state index in [4.69, 9.17) is 10.5 Å². The number of rotatable bonds is 3. The topological polar surface area (TPSA) is 72.6 Å². The van der Waals surface area contributed by atoms with E-state index < -0.39 is 6.04 Å². The predicted molar refractivity (Wildman–Crippen MR) is 88.1 cm³/mol. The van der Waals surface area contributed by atoms with Gasteiger partial charge in [0.2, 0.25) is 5.91 Å². The van der Waals surface area contributed by atoms with Crippen molar-refractivity contribution in [2.24, 2.45) is 5.73 Å². The van der Waals surface area contributed by atoms with Gasteiger partial charge in [0.25, 0.3) is 6.47 Å². The summed E-state index contributed by atoms with van der Waals surface area (Å²) in [5.74, 6) is 0.0544. The maximum Gasteiger partial charge on any atom is 0.292 e. The van der Waals surface area contributed by atoms with Gasteiger partial charge < -0.3 is 15.4 Å². The van der Waals surface area contributed by atoms with Crippen LogP contribution in [0.15, 0.2) is 43.0 Å². The zero-order valence-corrected chi connectivity index (χ0v) is 13.4. The number of ether oxygens (including phenoxy) is 1. The van der Waals surface area contributed by atoms with Crippen molar-refractivity contribution in [3.8, 4) is 0 Å². The second-order valence-corrected chi connectivity index (χ2v) is 4.66. The molecule has 2 rings (SSSR count). The molecule has 0 spiro atoms. The Morgan fingerprint density at radius 3 is 2.18 bits per heavy atom. The number of hydrogen-bond donors (Lipinski definition) is 1. The summed E-state index contributed by atoms with van der Waals surface area (Å²) in [6.45, 7) is 7.35. The first-order valence-electron chi connectivity index (χ1n) is 7.25. The molecule has 1 aliphatic rings. The number of likely N-dealkylation sites (tertiary alicyclic amines) is 1. The van der Waals surface area contributed by atoms with E-state index in [0.717, 1.165) is 31.5 Å². The number of allylic oxidation sites excluding steroid dienone is 1. The van der Waals surface area contributed by atoms with Crippen LogP contribution in [-0.2, 0) is 14.3 Å². The molecule has 0 aliphatic carbocycles. The highest BCUT2D eigenvalue weighted by atomic mass is 16.5. The molecular formula is C17H26N2O3. The minimum absolute atomic E-state index is 0.0544. The van der Waals surface area contributed by atoms with E-state index in [9.17, 15) is 4.79 Å². The van der Waals surface area contributed by atoms with Gasteiger partial charge in [-0.15, -0.1) is 6.58 Å². The molecule has 1 fully saturated rings. The fourth-order valence-corrected chi connectivity index (χ4v) is 1.94. The largest absolute Gasteiger partial charge is 0.471 e. The Morgan fingerprint density at radius 2 is 1.77 bits per heavy atom. The monoisotopic (exact) mass is 306 g/mol. The molecule has 1 heterocycles. The molecule has 2 N–H and O–H groups in total. The van der Waals surface area contributed by atoms with E-state index in [-0.39, 0.29) is 5.91 Å². The van der Waals surface area contributed by atoms with E-state index >= 15 is 0 Å². The number of benzene rings is 1. The summed E-state index contributed by atoms with van der Waals surface area (Å²) in [5.41, 5.74) is 6.82. The van der Waals surface area contributed by atoms with Crippen LogP contribution in [0.1, 0.15) is 31.4 Å². The van der Waals surface area contributed by atoms with E-state index in [1.54, 1.807) is 6.08 Å². The molecule has 5 heteroatoms. The van der Waals surface area contributed by atoms with Crippen molar-refractivity contribution >= 4 is 12.4 Å². The second-order valence-electron chi connectivity index (χ2n) is 4.66. The van der Waals surface area contributed by atoms with Crippen LogP contribution < -0.4 is 5.73 Å². The molecule has 1 aliphatic heterocycles. The molecule has 122 valence electrons. The van der Waals surface area contributed by atoms with E-state index in [0.29, 0.717) is 6.47 Å². The molecule has 22 heavy (non-hydrogen) atoms. The molecule has 0 aromatic heterocycles. The summed E-state index contributed by atoms with van der Waals surface area (Å²) in [4.78, 5) is 22.8. The molecule has 1 aromatic rings. The first-order valence-corrected chi connectivity index (χ1v) is 7.25. The highest BCUT2D eigenvalue weighted by Gasteiger charge is 2.24. The van der Waals surface area contributed by atoms with Crippen molar-refractivity contribution < 1.29 is 14.3 Å². The Hall–Kier alpha value is -2.14. The van der Waals surface area contributed by atoms with E-state index in [1.807, 2.05) is 42.2 Å². The summed E-state index contributed by atoms with van der Waals surface area (Å²) in [6.07, 6.45) is 3.96. The normalized spacial score (nSPS) is 13.7. The molecular weight excluding hydrogens is 280 g/mol. The zero-order valence-electron chi connectivity index (χ0n) is 13.4. The lowest BCUT2D eigenvalue weighted by Gasteiger charge is -2.20. The fourth-order valence-electron chi connectivity index (χ4n) is 1.94. The van der Waals surface area contributed by atoms with Gasteiger partial charge in [0.05, 0.1) is 7.11 Å². The third kappa shape index (κ3) is 7.59. The highest BCUT2D eigenvalue weighted by molar-refractivity contribution is 5.83. The van der Waals surface area contributed by atoms with Crippen LogP contribution in [0.4, 0.5) is 0 Å². The number of carbonyl (C=O) groups excluding carboxylic acids is 2. The smallest absolute Gasteiger partial charge is 0.292 e. The molecule has 0 radical (unpaired) electrons. The van der Waals surface area contributed by atoms with E-state index in [2.05, 4.69) is 11.3 Å². The number of carbonyl (C=O) groups is 2. The third-order valence-corrected chi connectivity index (χ3v) is 2.94. The summed E-state index contributed by atoms with van der Waals surface area (Å²) in [6, 6.07) is 9.05. The quantitative estimate of drug-likeness (QED) is 0.687. The lowest BCUT2D eigenvalue weighted by atomic mass is 10.1. The summed E-state index contributed by atoms with van der Waals surface area (Å²) >= 11 is 0. The van der Waals surface area contributed by atoms with Crippen molar-refractivity contribution in [3.05, 3.63) is 48.6 Å². The number of amides is 1. The SMILES string of the molecule is C=CC.COC=O.NC(C(=O)N1CCCC1)c1ccccc1. The molecule has 1 amide bonds. The Labute approximate surface area is 132 Å². The van der Waals surface area contributed by atoms with Crippen LogP contribution in [0.3, 0.4) is 0 Å². The minimum Gasteiger partial charge on any atom is -0.471 e. The first kappa shape index (κ1) is 19.9. The first-order chi connectivity index (χ1) is 10.6. The van der Waals surface area contributed by atoms with Crippen molar-refractivity contribution in [2.75, 3.05) is 20.2 Å². The Bertz CT molecular complexity index is 429. The van der Waals surface area contributed by atoms with Crippen LogP contribution in [0.5, 0.6) is 0 Å². The van der Waals surface area contributed by atoms with Crippen LogP contribution in [0.25, 0.3) is 0 Å². The van der Waals surface area contributed by atoms with Crippen molar-refractivity contribution in [3.63, 3.8) is 0 Å². The van der Waals surface area contributed by atoms with Crippen LogP contribution in [0.2, 0.25) is 0 Å². The Kier molecular flexibility index (Phi) is 11.4. The van der Waals surface area contributed by atoms with Gasteiger partial charge in [-0.2, -0.15) is 0 Å². The average Bonchev–Trinajstić information content (AvgIpc) is 3.10. The molecule has 1 atom stereocenters. The lowest BCUT2D eigenvalue weighted by molar-refractivity contribution is -0.131. The van der Waals surface area contributed by atoms with Gasteiger partial charge in [-0.05, 0) is 25.3 Å². The molecule has 1 aromatic carbocycles. The van der Waals surface area contributed by atoms with Gasteiger partial charge in [0.1, 0.15) is 6.04 Å². The Morgan fingerprint density at radius 1 is 1.32 bits per heavy atom. The lowest BCUT2D eigenvalue weighted by Crippen LogP contribution is -2.36. The molecule has 0 bridgehead atoms. The number of hydrogen-bond acceptors (Lipinski definition) is 4. The summed E-state index contributed by atoms with van der Waals surface area (Å²) < 4.78 is 3.86. The van der Waals surface area contributed by atoms with Crippen LogP contribution >= 0.6 is 0 Å². The maximum absolute atomic E-state index is 11.9. The standard InChI is InChI=1S/C12H16N2O.C3H6.C2H4O2/c13-11(10-6-2-1-3-7-10)12(15)14-8-4-5-9-14;1-3-2;1-4-2-3/h1-3,6-7,11H,4-5,8-9,13H2;3H,1H2,2H3;2H,1H3. The zero-order chi connectivity index (χ0) is 16.8. The number of nitrogens with two attached hydrogens (primary N) is 1. The summed E-state index contributed by atoms with van der Waals surface area (Å²) in [5, 5.41) is 0. The molecule has 1 saturated heterocycles. The number of methoxy groups -OCH3 is 1. The fraction of sp³-hybridized carbons (Fsp3) is 0.412. The van der Waals surface area contributed by atoms with Gasteiger partial charge >= 0.3 is 0 Å². The van der Waals surface area contributed by atoms with Gasteiger partial charge in [-0.3, -0.25) is 9.59 Å². The van der Waals surface area contributed by atoms with Crippen molar-refractivity contribution in [1.82, 2.24) is 4.90 Å². The molecule has 5 nitrogen and oxygen atoms in total. The number of nitrogens with zero attached hydrogens (tertiary/aromatic N) is 1. The summed E-state index contributed by atoms with van der Waals surface area (Å²) in [7, 11) is 1.31. The van der Waals surface area contributed by atoms with Gasteiger partial charge in [0, 0.05) is 13.1 Å². The second kappa shape index (κ2) is 12.6.